The van der Waals surface area contributed by atoms with Crippen molar-refractivity contribution in [2.45, 2.75) is 51.5 Å². The maximum atomic E-state index is 11.3. The van der Waals surface area contributed by atoms with E-state index in [4.69, 9.17) is 9.84 Å². The molecule has 1 atom stereocenters. The number of rotatable bonds is 4. The zero-order chi connectivity index (χ0) is 11.8. The molecule has 16 heavy (non-hydrogen) atoms. The van der Waals surface area contributed by atoms with Gasteiger partial charge in [0.1, 0.15) is 6.61 Å². The molecule has 0 aromatic heterocycles. The highest BCUT2D eigenvalue weighted by atomic mass is 16.6. The molecule has 94 valence electrons. The van der Waals surface area contributed by atoms with E-state index in [2.05, 4.69) is 5.32 Å². The molecule has 1 saturated carbocycles. The van der Waals surface area contributed by atoms with E-state index in [1.807, 2.05) is 6.92 Å². The van der Waals surface area contributed by atoms with Crippen molar-refractivity contribution < 1.29 is 14.6 Å². The lowest BCUT2D eigenvalue weighted by Gasteiger charge is -2.23. The summed E-state index contributed by atoms with van der Waals surface area (Å²) in [6.07, 6.45) is 7.15. The molecular formula is C12H23NO3. The highest BCUT2D eigenvalue weighted by molar-refractivity contribution is 5.67. The van der Waals surface area contributed by atoms with Crippen LogP contribution >= 0.6 is 0 Å². The van der Waals surface area contributed by atoms with Crippen LogP contribution in [0.2, 0.25) is 0 Å². The largest absolute Gasteiger partial charge is 0.447 e. The van der Waals surface area contributed by atoms with Gasteiger partial charge >= 0.3 is 6.09 Å². The molecule has 1 fully saturated rings. The Bertz CT molecular complexity index is 200. The first-order valence-corrected chi connectivity index (χ1v) is 6.28. The van der Waals surface area contributed by atoms with E-state index in [-0.39, 0.29) is 19.3 Å². The monoisotopic (exact) mass is 229 g/mol. The number of hydrogen-bond donors (Lipinski definition) is 2. The van der Waals surface area contributed by atoms with E-state index in [9.17, 15) is 4.79 Å². The van der Waals surface area contributed by atoms with Crippen LogP contribution in [0, 0.1) is 5.92 Å². The van der Waals surface area contributed by atoms with Gasteiger partial charge in [0.25, 0.3) is 0 Å². The zero-order valence-electron chi connectivity index (χ0n) is 10.1. The van der Waals surface area contributed by atoms with Gasteiger partial charge in [0.05, 0.1) is 6.61 Å². The van der Waals surface area contributed by atoms with E-state index in [0.29, 0.717) is 5.92 Å². The topological polar surface area (TPSA) is 58.6 Å². The third-order valence-electron chi connectivity index (χ3n) is 3.28. The van der Waals surface area contributed by atoms with Gasteiger partial charge in [0, 0.05) is 6.04 Å². The molecule has 0 heterocycles. The van der Waals surface area contributed by atoms with Crippen molar-refractivity contribution in [1.82, 2.24) is 5.32 Å². The van der Waals surface area contributed by atoms with Gasteiger partial charge in [-0.15, -0.1) is 0 Å². The summed E-state index contributed by atoms with van der Waals surface area (Å²) in [7, 11) is 0. The van der Waals surface area contributed by atoms with Gasteiger partial charge in [-0.05, 0) is 25.7 Å². The summed E-state index contributed by atoms with van der Waals surface area (Å²) in [6.45, 7) is 1.99. The van der Waals surface area contributed by atoms with Crippen LogP contribution in [-0.2, 0) is 4.74 Å². The molecule has 1 aliphatic rings. The Kier molecular flexibility index (Phi) is 6.23. The van der Waals surface area contributed by atoms with Crippen molar-refractivity contribution in [2.75, 3.05) is 13.2 Å². The maximum absolute atomic E-state index is 11.3. The fourth-order valence-electron chi connectivity index (χ4n) is 2.29. The number of hydrogen-bond acceptors (Lipinski definition) is 3. The van der Waals surface area contributed by atoms with Crippen LogP contribution in [0.15, 0.2) is 0 Å². The van der Waals surface area contributed by atoms with Crippen molar-refractivity contribution in [3.05, 3.63) is 0 Å². The molecule has 1 amide bonds. The predicted octanol–water partition coefficient (Wildman–Crippen LogP) is 2.06. The molecule has 0 radical (unpaired) electrons. The molecule has 4 heteroatoms. The third kappa shape index (κ3) is 4.84. The van der Waals surface area contributed by atoms with E-state index in [0.717, 1.165) is 0 Å². The van der Waals surface area contributed by atoms with Crippen LogP contribution in [0.25, 0.3) is 0 Å². The van der Waals surface area contributed by atoms with E-state index < -0.39 is 6.09 Å². The summed E-state index contributed by atoms with van der Waals surface area (Å²) >= 11 is 0. The molecule has 0 unspecified atom stereocenters. The molecule has 4 nitrogen and oxygen atoms in total. The van der Waals surface area contributed by atoms with Gasteiger partial charge < -0.3 is 15.2 Å². The normalized spacial score (nSPS) is 19.9. The van der Waals surface area contributed by atoms with Crippen molar-refractivity contribution >= 4 is 6.09 Å². The van der Waals surface area contributed by atoms with Gasteiger partial charge in [-0.3, -0.25) is 0 Å². The van der Waals surface area contributed by atoms with Gasteiger partial charge in [-0.25, -0.2) is 4.79 Å². The Morgan fingerprint density at radius 2 is 2.00 bits per heavy atom. The first-order valence-electron chi connectivity index (χ1n) is 6.28. The van der Waals surface area contributed by atoms with Crippen LogP contribution in [0.4, 0.5) is 4.79 Å². The highest BCUT2D eigenvalue weighted by Crippen LogP contribution is 2.25. The minimum absolute atomic E-state index is 0.0726. The second kappa shape index (κ2) is 7.49. The molecule has 0 spiro atoms. The van der Waals surface area contributed by atoms with Crippen molar-refractivity contribution in [3.8, 4) is 0 Å². The van der Waals surface area contributed by atoms with E-state index >= 15 is 0 Å². The Morgan fingerprint density at radius 3 is 2.56 bits per heavy atom. The van der Waals surface area contributed by atoms with Crippen molar-refractivity contribution in [1.29, 1.82) is 0 Å². The van der Waals surface area contributed by atoms with Gasteiger partial charge in [0.2, 0.25) is 0 Å². The van der Waals surface area contributed by atoms with E-state index in [1.165, 1.54) is 38.5 Å². The lowest BCUT2D eigenvalue weighted by molar-refractivity contribution is 0.113. The second-order valence-electron chi connectivity index (χ2n) is 4.54. The summed E-state index contributed by atoms with van der Waals surface area (Å²) in [5.41, 5.74) is 0. The van der Waals surface area contributed by atoms with Crippen molar-refractivity contribution in [2.24, 2.45) is 5.92 Å². The van der Waals surface area contributed by atoms with Crippen LogP contribution in [0.1, 0.15) is 45.4 Å². The third-order valence-corrected chi connectivity index (χ3v) is 3.28. The van der Waals surface area contributed by atoms with E-state index in [1.54, 1.807) is 0 Å². The molecule has 1 rings (SSSR count). The average Bonchev–Trinajstić information content (AvgIpc) is 2.54. The number of carbonyl (C=O) groups is 1. The number of amides is 1. The number of carbonyl (C=O) groups excluding carboxylic acids is 1. The van der Waals surface area contributed by atoms with Crippen LogP contribution in [0.5, 0.6) is 0 Å². The first-order chi connectivity index (χ1) is 7.74. The molecule has 0 bridgehead atoms. The fourth-order valence-corrected chi connectivity index (χ4v) is 2.29. The second-order valence-corrected chi connectivity index (χ2v) is 4.54. The molecular weight excluding hydrogens is 206 g/mol. The van der Waals surface area contributed by atoms with Gasteiger partial charge in [-0.2, -0.15) is 0 Å². The molecule has 0 aliphatic heterocycles. The SMILES string of the molecule is C[C@H](NC(=O)OCCO)C1CCCCCC1. The molecule has 0 aromatic carbocycles. The number of ether oxygens (including phenoxy) is 1. The molecule has 1 aliphatic carbocycles. The average molecular weight is 229 g/mol. The Morgan fingerprint density at radius 1 is 1.38 bits per heavy atom. The van der Waals surface area contributed by atoms with Gasteiger partial charge in [-0.1, -0.05) is 25.7 Å². The summed E-state index contributed by atoms with van der Waals surface area (Å²) < 4.78 is 4.78. The standard InChI is InChI=1S/C12H23NO3/c1-10(13-12(15)16-9-8-14)11-6-4-2-3-5-7-11/h10-11,14H,2-9H2,1H3,(H,13,15)/t10-/m0/s1. The lowest BCUT2D eigenvalue weighted by atomic mass is 9.93. The minimum Gasteiger partial charge on any atom is -0.447 e. The Balaban J connectivity index is 2.26. The predicted molar refractivity (Wildman–Crippen MR) is 62.2 cm³/mol. The molecule has 0 aromatic rings. The summed E-state index contributed by atoms with van der Waals surface area (Å²) in [6, 6.07) is 0.171. The number of aliphatic hydroxyl groups is 1. The Hall–Kier alpha value is -0.770. The number of aliphatic hydroxyl groups excluding tert-OH is 1. The minimum atomic E-state index is -0.411. The van der Waals surface area contributed by atoms with Crippen molar-refractivity contribution in [3.63, 3.8) is 0 Å². The highest BCUT2D eigenvalue weighted by Gasteiger charge is 2.20. The van der Waals surface area contributed by atoms with Gasteiger partial charge in [0.15, 0.2) is 0 Å². The number of nitrogens with one attached hydrogen (secondary N) is 1. The Labute approximate surface area is 97.4 Å². The smallest absolute Gasteiger partial charge is 0.407 e. The lowest BCUT2D eigenvalue weighted by Crippen LogP contribution is -2.38. The van der Waals surface area contributed by atoms with Crippen LogP contribution < -0.4 is 5.32 Å². The molecule has 2 N–H and O–H groups in total. The summed E-state index contributed by atoms with van der Waals surface area (Å²) in [5, 5.41) is 11.4. The quantitative estimate of drug-likeness (QED) is 0.725. The fraction of sp³-hybridized carbons (Fsp3) is 0.917. The van der Waals surface area contributed by atoms with Crippen LogP contribution in [-0.4, -0.2) is 30.5 Å². The molecule has 0 saturated heterocycles. The maximum Gasteiger partial charge on any atom is 0.407 e. The zero-order valence-corrected chi connectivity index (χ0v) is 10.1. The summed E-state index contributed by atoms with van der Waals surface area (Å²) in [5.74, 6) is 0.573. The number of alkyl carbamates (subject to hydrolysis) is 1. The summed E-state index contributed by atoms with van der Waals surface area (Å²) in [4.78, 5) is 11.3. The van der Waals surface area contributed by atoms with Crippen LogP contribution in [0.3, 0.4) is 0 Å². The first kappa shape index (κ1) is 13.3.